The van der Waals surface area contributed by atoms with Crippen LogP contribution in [-0.4, -0.2) is 49.7 Å². The van der Waals surface area contributed by atoms with E-state index in [-0.39, 0.29) is 24.4 Å². The minimum atomic E-state index is -0.846. The molecule has 7 heteroatoms. The SMILES string of the molecule is Cc1nc2c(cnn2C(C)C)cc1C(=O)N1C[C@@H](C)[C@H](C(=O)O)C1. The van der Waals surface area contributed by atoms with Gasteiger partial charge < -0.3 is 10.0 Å². The van der Waals surface area contributed by atoms with Crippen molar-refractivity contribution >= 4 is 22.9 Å². The van der Waals surface area contributed by atoms with Gasteiger partial charge in [-0.2, -0.15) is 5.10 Å². The van der Waals surface area contributed by atoms with E-state index in [1.807, 2.05) is 31.5 Å². The van der Waals surface area contributed by atoms with E-state index in [1.54, 1.807) is 18.0 Å². The molecule has 24 heavy (non-hydrogen) atoms. The van der Waals surface area contributed by atoms with E-state index in [2.05, 4.69) is 10.1 Å². The normalized spacial score (nSPS) is 21.0. The average Bonchev–Trinajstić information content (AvgIpc) is 3.08. The minimum absolute atomic E-state index is 0.0489. The van der Waals surface area contributed by atoms with Gasteiger partial charge in [-0.1, -0.05) is 6.92 Å². The fourth-order valence-corrected chi connectivity index (χ4v) is 3.28. The zero-order valence-corrected chi connectivity index (χ0v) is 14.4. The van der Waals surface area contributed by atoms with Crippen molar-refractivity contribution in [3.05, 3.63) is 23.5 Å². The summed E-state index contributed by atoms with van der Waals surface area (Å²) in [5.41, 5.74) is 1.92. The van der Waals surface area contributed by atoms with E-state index >= 15 is 0 Å². The van der Waals surface area contributed by atoms with Gasteiger partial charge in [0.05, 0.1) is 23.4 Å². The monoisotopic (exact) mass is 330 g/mol. The fraction of sp³-hybridized carbons (Fsp3) is 0.529. The van der Waals surface area contributed by atoms with Crippen LogP contribution in [0, 0.1) is 18.8 Å². The number of hydrogen-bond donors (Lipinski definition) is 1. The molecule has 0 bridgehead atoms. The van der Waals surface area contributed by atoms with Gasteiger partial charge in [0.2, 0.25) is 0 Å². The van der Waals surface area contributed by atoms with E-state index in [0.717, 1.165) is 11.0 Å². The lowest BCUT2D eigenvalue weighted by Crippen LogP contribution is -2.30. The summed E-state index contributed by atoms with van der Waals surface area (Å²) in [5.74, 6) is -1.56. The molecule has 1 amide bonds. The molecule has 0 unspecified atom stereocenters. The number of rotatable bonds is 3. The van der Waals surface area contributed by atoms with Gasteiger partial charge in [0.25, 0.3) is 5.91 Å². The fourth-order valence-electron chi connectivity index (χ4n) is 3.28. The number of carbonyl (C=O) groups excluding carboxylic acids is 1. The molecule has 2 aromatic heterocycles. The maximum absolute atomic E-state index is 12.8. The molecule has 1 N–H and O–H groups in total. The summed E-state index contributed by atoms with van der Waals surface area (Å²) in [6, 6.07) is 2.00. The summed E-state index contributed by atoms with van der Waals surface area (Å²) in [7, 11) is 0. The van der Waals surface area contributed by atoms with Gasteiger partial charge in [0.1, 0.15) is 0 Å². The van der Waals surface area contributed by atoms with Gasteiger partial charge >= 0.3 is 5.97 Å². The summed E-state index contributed by atoms with van der Waals surface area (Å²) in [5, 5.41) is 14.4. The first-order chi connectivity index (χ1) is 11.3. The van der Waals surface area contributed by atoms with Crippen LogP contribution in [-0.2, 0) is 4.79 Å². The van der Waals surface area contributed by atoms with E-state index in [9.17, 15) is 14.7 Å². The van der Waals surface area contributed by atoms with Crippen molar-refractivity contribution in [2.24, 2.45) is 11.8 Å². The number of carboxylic acid groups (broad SMARTS) is 1. The van der Waals surface area contributed by atoms with Gasteiger partial charge in [-0.3, -0.25) is 9.59 Å². The molecule has 1 fully saturated rings. The Bertz CT molecular complexity index is 812. The second-order valence-electron chi connectivity index (χ2n) is 6.85. The standard InChI is InChI=1S/C17H22N4O3/c1-9(2)21-15-12(6-18-21)5-13(11(4)19-15)16(22)20-7-10(3)14(8-20)17(23)24/h5-6,9-10,14H,7-8H2,1-4H3,(H,23,24)/t10-,14-/m1/s1. The number of nitrogens with zero attached hydrogens (tertiary/aromatic N) is 4. The van der Waals surface area contributed by atoms with Crippen molar-refractivity contribution in [2.45, 2.75) is 33.7 Å². The second kappa shape index (κ2) is 5.89. The molecule has 3 rings (SSSR count). The molecule has 0 spiro atoms. The average molecular weight is 330 g/mol. The molecule has 1 aliphatic rings. The van der Waals surface area contributed by atoms with Crippen LogP contribution >= 0.6 is 0 Å². The zero-order chi connectivity index (χ0) is 17.6. The van der Waals surface area contributed by atoms with E-state index < -0.39 is 11.9 Å². The largest absolute Gasteiger partial charge is 0.481 e. The van der Waals surface area contributed by atoms with Crippen molar-refractivity contribution < 1.29 is 14.7 Å². The van der Waals surface area contributed by atoms with Crippen LogP contribution in [0.2, 0.25) is 0 Å². The van der Waals surface area contributed by atoms with Crippen molar-refractivity contribution in [1.29, 1.82) is 0 Å². The highest BCUT2D eigenvalue weighted by molar-refractivity contribution is 5.98. The lowest BCUT2D eigenvalue weighted by molar-refractivity contribution is -0.142. The molecule has 3 heterocycles. The number of aryl methyl sites for hydroxylation is 1. The smallest absolute Gasteiger partial charge is 0.308 e. The lowest BCUT2D eigenvalue weighted by Gasteiger charge is -2.17. The predicted molar refractivity (Wildman–Crippen MR) is 88.8 cm³/mol. The molecule has 0 aliphatic carbocycles. The predicted octanol–water partition coefficient (Wildman–Crippen LogP) is 2.11. The summed E-state index contributed by atoms with van der Waals surface area (Å²) in [4.78, 5) is 30.3. The van der Waals surface area contributed by atoms with Crippen LogP contribution in [0.1, 0.15) is 42.9 Å². The highest BCUT2D eigenvalue weighted by atomic mass is 16.4. The Morgan fingerprint density at radius 1 is 1.33 bits per heavy atom. The van der Waals surface area contributed by atoms with Crippen LogP contribution in [0.25, 0.3) is 11.0 Å². The van der Waals surface area contributed by atoms with Crippen molar-refractivity contribution in [3.8, 4) is 0 Å². The molecule has 1 aliphatic heterocycles. The highest BCUT2D eigenvalue weighted by Crippen LogP contribution is 2.26. The molecule has 1 saturated heterocycles. The van der Waals surface area contributed by atoms with E-state index in [0.29, 0.717) is 17.8 Å². The number of pyridine rings is 1. The molecule has 0 aromatic carbocycles. The second-order valence-corrected chi connectivity index (χ2v) is 6.85. The summed E-state index contributed by atoms with van der Waals surface area (Å²) in [6.45, 7) is 8.43. The Balaban J connectivity index is 1.93. The van der Waals surface area contributed by atoms with E-state index in [4.69, 9.17) is 0 Å². The molecule has 0 saturated carbocycles. The third-order valence-corrected chi connectivity index (χ3v) is 4.70. The minimum Gasteiger partial charge on any atom is -0.481 e. The van der Waals surface area contributed by atoms with Crippen molar-refractivity contribution in [2.75, 3.05) is 13.1 Å². The number of hydrogen-bond acceptors (Lipinski definition) is 4. The molecule has 7 nitrogen and oxygen atoms in total. The zero-order valence-electron chi connectivity index (χ0n) is 14.4. The number of aliphatic carboxylic acids is 1. The van der Waals surface area contributed by atoms with Crippen LogP contribution in [0.5, 0.6) is 0 Å². The first kappa shape index (κ1) is 16.4. The topological polar surface area (TPSA) is 88.3 Å². The number of carboxylic acids is 1. The summed E-state index contributed by atoms with van der Waals surface area (Å²) >= 11 is 0. The molecular weight excluding hydrogens is 308 g/mol. The van der Waals surface area contributed by atoms with Gasteiger partial charge in [0.15, 0.2) is 5.65 Å². The molecule has 128 valence electrons. The van der Waals surface area contributed by atoms with Crippen LogP contribution < -0.4 is 0 Å². The molecule has 2 aromatic rings. The molecule has 2 atom stereocenters. The number of aromatic nitrogens is 3. The maximum Gasteiger partial charge on any atom is 0.308 e. The summed E-state index contributed by atoms with van der Waals surface area (Å²) in [6.07, 6.45) is 1.71. The van der Waals surface area contributed by atoms with Crippen LogP contribution in [0.4, 0.5) is 0 Å². The Kier molecular flexibility index (Phi) is 4.03. The lowest BCUT2D eigenvalue weighted by atomic mass is 9.99. The number of carbonyl (C=O) groups is 2. The first-order valence-corrected chi connectivity index (χ1v) is 8.16. The Hall–Kier alpha value is -2.44. The Labute approximate surface area is 140 Å². The van der Waals surface area contributed by atoms with Gasteiger partial charge in [0, 0.05) is 24.5 Å². The van der Waals surface area contributed by atoms with Crippen LogP contribution in [0.15, 0.2) is 12.3 Å². The van der Waals surface area contributed by atoms with Gasteiger partial charge in [-0.05, 0) is 32.8 Å². The first-order valence-electron chi connectivity index (χ1n) is 8.16. The Morgan fingerprint density at radius 3 is 2.62 bits per heavy atom. The Morgan fingerprint density at radius 2 is 2.04 bits per heavy atom. The van der Waals surface area contributed by atoms with Gasteiger partial charge in [-0.25, -0.2) is 9.67 Å². The van der Waals surface area contributed by atoms with Crippen molar-refractivity contribution in [1.82, 2.24) is 19.7 Å². The maximum atomic E-state index is 12.8. The molecular formula is C17H22N4O3. The van der Waals surface area contributed by atoms with Gasteiger partial charge in [-0.15, -0.1) is 0 Å². The quantitative estimate of drug-likeness (QED) is 0.931. The number of fused-ring (bicyclic) bond motifs is 1. The third kappa shape index (κ3) is 2.64. The van der Waals surface area contributed by atoms with Crippen LogP contribution in [0.3, 0.4) is 0 Å². The third-order valence-electron chi connectivity index (χ3n) is 4.70. The van der Waals surface area contributed by atoms with E-state index in [1.165, 1.54) is 0 Å². The summed E-state index contributed by atoms with van der Waals surface area (Å²) < 4.78 is 1.83. The molecule has 0 radical (unpaired) electrons. The highest BCUT2D eigenvalue weighted by Gasteiger charge is 2.37. The number of amides is 1. The number of likely N-dealkylation sites (tertiary alicyclic amines) is 1. The van der Waals surface area contributed by atoms with Crippen molar-refractivity contribution in [3.63, 3.8) is 0 Å².